The average Bonchev–Trinajstić information content (AvgIpc) is 3.02. The van der Waals surface area contributed by atoms with Gasteiger partial charge in [0.2, 0.25) is 0 Å². The van der Waals surface area contributed by atoms with Crippen molar-refractivity contribution < 1.29 is 42.9 Å². The molecule has 0 aliphatic carbocycles. The highest BCUT2D eigenvalue weighted by atomic mass is 35.5. The molecule has 0 aliphatic rings. The number of halogens is 1. The van der Waals surface area contributed by atoms with Gasteiger partial charge in [-0.05, 0) is 60.7 Å². The molecule has 0 unspecified atom stereocenters. The second kappa shape index (κ2) is 18.4. The SMILES string of the molecule is C.C=CC(=O)OCCCOc1ccc(C(=O)Nc2ccc(OC(=O)c3ccc(OCCCOC(=O)C=C)cc3)cc2Cl)cc1. The number of carbonyl (C=O) groups excluding carboxylic acids is 4. The van der Waals surface area contributed by atoms with E-state index in [2.05, 4.69) is 18.5 Å². The first-order valence-electron chi connectivity index (χ1n) is 13.2. The first-order chi connectivity index (χ1) is 20.8. The van der Waals surface area contributed by atoms with Crippen molar-refractivity contribution >= 4 is 41.1 Å². The third-order valence-corrected chi connectivity index (χ3v) is 5.86. The number of nitrogens with one attached hydrogen (secondary N) is 1. The average molecular weight is 624 g/mol. The van der Waals surface area contributed by atoms with Crippen molar-refractivity contribution in [3.63, 3.8) is 0 Å². The van der Waals surface area contributed by atoms with E-state index < -0.39 is 23.8 Å². The van der Waals surface area contributed by atoms with Gasteiger partial charge in [0.05, 0.1) is 42.7 Å². The zero-order chi connectivity index (χ0) is 31.0. The summed E-state index contributed by atoms with van der Waals surface area (Å²) in [7, 11) is 0. The zero-order valence-corrected chi connectivity index (χ0v) is 24.0. The van der Waals surface area contributed by atoms with E-state index >= 15 is 0 Å². The molecule has 0 bridgehead atoms. The summed E-state index contributed by atoms with van der Waals surface area (Å²) in [5.74, 6) is -0.674. The molecule has 0 radical (unpaired) electrons. The highest BCUT2D eigenvalue weighted by molar-refractivity contribution is 6.34. The van der Waals surface area contributed by atoms with Crippen LogP contribution < -0.4 is 19.5 Å². The molecule has 0 spiro atoms. The Kier molecular flexibility index (Phi) is 14.7. The van der Waals surface area contributed by atoms with Crippen LogP contribution in [0, 0.1) is 0 Å². The number of anilines is 1. The molecule has 232 valence electrons. The van der Waals surface area contributed by atoms with Crippen LogP contribution in [0.4, 0.5) is 5.69 Å². The van der Waals surface area contributed by atoms with Gasteiger partial charge in [0.1, 0.15) is 17.2 Å². The van der Waals surface area contributed by atoms with Gasteiger partial charge in [0.25, 0.3) is 5.91 Å². The summed E-state index contributed by atoms with van der Waals surface area (Å²) in [6.45, 7) is 7.74. The fourth-order valence-corrected chi connectivity index (χ4v) is 3.59. The van der Waals surface area contributed by atoms with Crippen LogP contribution in [0.2, 0.25) is 5.02 Å². The summed E-state index contributed by atoms with van der Waals surface area (Å²) in [6, 6.07) is 17.3. The van der Waals surface area contributed by atoms with Gasteiger partial charge in [-0.25, -0.2) is 14.4 Å². The molecule has 10 nitrogen and oxygen atoms in total. The molecule has 1 N–H and O–H groups in total. The molecule has 11 heteroatoms. The lowest BCUT2D eigenvalue weighted by molar-refractivity contribution is -0.138. The first kappa shape index (κ1) is 35.1. The van der Waals surface area contributed by atoms with Crippen molar-refractivity contribution in [2.24, 2.45) is 0 Å². The standard InChI is InChI=1S/C32H30ClNO9.CH4/c1-3-29(35)41-19-5-17-39-24-11-7-22(8-12-24)31(37)34-28-16-15-26(21-27(28)33)43-32(38)23-9-13-25(14-10-23)40-18-6-20-42-30(36)4-2;/h3-4,7-16,21H,1-2,5-6,17-20H2,(H,34,37);1H4. The van der Waals surface area contributed by atoms with E-state index in [9.17, 15) is 19.2 Å². The molecule has 0 aromatic heterocycles. The number of benzene rings is 3. The van der Waals surface area contributed by atoms with E-state index in [0.717, 1.165) is 12.2 Å². The Morgan fingerprint density at radius 1 is 0.682 bits per heavy atom. The largest absolute Gasteiger partial charge is 0.493 e. The predicted molar refractivity (Wildman–Crippen MR) is 167 cm³/mol. The Balaban J connectivity index is 0.00000675. The number of esters is 3. The van der Waals surface area contributed by atoms with Crippen LogP contribution in [0.3, 0.4) is 0 Å². The lowest BCUT2D eigenvalue weighted by Gasteiger charge is -2.11. The van der Waals surface area contributed by atoms with Crippen molar-refractivity contribution in [1.82, 2.24) is 0 Å². The monoisotopic (exact) mass is 623 g/mol. The molecule has 3 rings (SSSR count). The summed E-state index contributed by atoms with van der Waals surface area (Å²) in [4.78, 5) is 47.3. The number of hydrogen-bond acceptors (Lipinski definition) is 9. The van der Waals surface area contributed by atoms with E-state index in [1.54, 1.807) is 48.5 Å². The van der Waals surface area contributed by atoms with E-state index in [0.29, 0.717) is 54.4 Å². The van der Waals surface area contributed by atoms with E-state index in [4.69, 9.17) is 35.3 Å². The maximum Gasteiger partial charge on any atom is 0.343 e. The Morgan fingerprint density at radius 3 is 1.64 bits per heavy atom. The molecule has 0 fully saturated rings. The molecule has 0 aliphatic heterocycles. The third-order valence-electron chi connectivity index (χ3n) is 5.54. The maximum absolute atomic E-state index is 12.7. The topological polar surface area (TPSA) is 126 Å². The second-order valence-corrected chi connectivity index (χ2v) is 9.09. The molecular formula is C33H34ClNO9. The van der Waals surface area contributed by atoms with Gasteiger partial charge in [0.15, 0.2) is 0 Å². The van der Waals surface area contributed by atoms with Gasteiger partial charge in [-0.2, -0.15) is 0 Å². The highest BCUT2D eigenvalue weighted by Gasteiger charge is 2.13. The van der Waals surface area contributed by atoms with Crippen molar-refractivity contribution in [3.05, 3.63) is 108 Å². The van der Waals surface area contributed by atoms with Crippen molar-refractivity contribution in [1.29, 1.82) is 0 Å². The lowest BCUT2D eigenvalue weighted by Crippen LogP contribution is -2.13. The fourth-order valence-electron chi connectivity index (χ4n) is 3.37. The van der Waals surface area contributed by atoms with Crippen LogP contribution in [0.1, 0.15) is 41.0 Å². The van der Waals surface area contributed by atoms with Crippen molar-refractivity contribution in [2.75, 3.05) is 31.7 Å². The smallest absolute Gasteiger partial charge is 0.343 e. The number of carbonyl (C=O) groups is 4. The van der Waals surface area contributed by atoms with Crippen molar-refractivity contribution in [2.45, 2.75) is 20.3 Å². The predicted octanol–water partition coefficient (Wildman–Crippen LogP) is 6.44. The summed E-state index contributed by atoms with van der Waals surface area (Å²) in [6.07, 6.45) is 3.20. The van der Waals surface area contributed by atoms with E-state index in [1.165, 1.54) is 18.2 Å². The Bertz CT molecular complexity index is 1440. The number of rotatable bonds is 16. The Labute approximate surface area is 261 Å². The van der Waals surface area contributed by atoms with Crippen LogP contribution in [0.5, 0.6) is 17.2 Å². The molecule has 0 saturated carbocycles. The third kappa shape index (κ3) is 11.7. The van der Waals surface area contributed by atoms with Crippen LogP contribution in [-0.4, -0.2) is 50.2 Å². The highest BCUT2D eigenvalue weighted by Crippen LogP contribution is 2.28. The minimum Gasteiger partial charge on any atom is -0.493 e. The minimum atomic E-state index is -0.601. The van der Waals surface area contributed by atoms with Gasteiger partial charge in [0, 0.05) is 36.6 Å². The Morgan fingerprint density at radius 2 is 1.16 bits per heavy atom. The molecule has 3 aromatic rings. The first-order valence-corrected chi connectivity index (χ1v) is 13.5. The fraction of sp³-hybridized carbons (Fsp3) is 0.212. The molecule has 0 atom stereocenters. The minimum absolute atomic E-state index is 0. The molecule has 1 amide bonds. The van der Waals surface area contributed by atoms with Gasteiger partial charge in [-0.15, -0.1) is 0 Å². The van der Waals surface area contributed by atoms with Gasteiger partial charge < -0.3 is 29.0 Å². The maximum atomic E-state index is 12.7. The van der Waals surface area contributed by atoms with E-state index in [1.807, 2.05) is 0 Å². The van der Waals surface area contributed by atoms with E-state index in [-0.39, 0.29) is 31.4 Å². The van der Waals surface area contributed by atoms with Crippen molar-refractivity contribution in [3.8, 4) is 17.2 Å². The molecule has 0 heterocycles. The number of hydrogen-bond donors (Lipinski definition) is 1. The molecule has 3 aromatic carbocycles. The summed E-state index contributed by atoms with van der Waals surface area (Å²) < 4.78 is 26.3. The second-order valence-electron chi connectivity index (χ2n) is 8.68. The zero-order valence-electron chi connectivity index (χ0n) is 23.2. The van der Waals surface area contributed by atoms with Crippen LogP contribution >= 0.6 is 11.6 Å². The summed E-state index contributed by atoms with van der Waals surface area (Å²) in [5, 5.41) is 2.90. The van der Waals surface area contributed by atoms with Crippen LogP contribution in [0.15, 0.2) is 92.0 Å². The Hall–Kier alpha value is -5.09. The molecular weight excluding hydrogens is 590 g/mol. The quantitative estimate of drug-likeness (QED) is 0.0829. The number of amides is 1. The molecule has 0 saturated heterocycles. The molecule has 44 heavy (non-hydrogen) atoms. The number of ether oxygens (including phenoxy) is 5. The summed E-state index contributed by atoms with van der Waals surface area (Å²) in [5.41, 5.74) is 1.01. The van der Waals surface area contributed by atoms with Crippen LogP contribution in [0.25, 0.3) is 0 Å². The summed E-state index contributed by atoms with van der Waals surface area (Å²) >= 11 is 6.33. The van der Waals surface area contributed by atoms with Gasteiger partial charge in [-0.1, -0.05) is 32.2 Å². The van der Waals surface area contributed by atoms with Gasteiger partial charge in [-0.3, -0.25) is 4.79 Å². The van der Waals surface area contributed by atoms with Crippen LogP contribution in [-0.2, 0) is 19.1 Å². The normalized spacial score (nSPS) is 9.93. The van der Waals surface area contributed by atoms with Gasteiger partial charge >= 0.3 is 17.9 Å². The lowest BCUT2D eigenvalue weighted by atomic mass is 10.2.